The van der Waals surface area contributed by atoms with Crippen LogP contribution in [0.5, 0.6) is 0 Å². The van der Waals surface area contributed by atoms with Crippen LogP contribution in [0.1, 0.15) is 49.7 Å². The van der Waals surface area contributed by atoms with E-state index in [0.717, 1.165) is 12.1 Å². The fourth-order valence-electron chi connectivity index (χ4n) is 3.05. The lowest BCUT2D eigenvalue weighted by atomic mass is 10.0. The van der Waals surface area contributed by atoms with Crippen LogP contribution in [-0.4, -0.2) is 14.8 Å². The Balaban J connectivity index is 2.04. The zero-order chi connectivity index (χ0) is 20.6. The predicted octanol–water partition coefficient (Wildman–Crippen LogP) is 4.87. The van der Waals surface area contributed by atoms with Crippen LogP contribution in [0, 0.1) is 6.92 Å². The summed E-state index contributed by atoms with van der Waals surface area (Å²) in [6.45, 7) is 7.30. The van der Waals surface area contributed by atoms with E-state index >= 15 is 0 Å². The molecule has 0 fully saturated rings. The highest BCUT2D eigenvalue weighted by Gasteiger charge is 2.30. The highest BCUT2D eigenvalue weighted by atomic mass is 19.4. The van der Waals surface area contributed by atoms with Crippen molar-refractivity contribution >= 4 is 16.6 Å². The van der Waals surface area contributed by atoms with Crippen LogP contribution in [0.3, 0.4) is 0 Å². The van der Waals surface area contributed by atoms with Crippen molar-refractivity contribution < 1.29 is 13.2 Å². The highest BCUT2D eigenvalue weighted by molar-refractivity contribution is 5.92. The third kappa shape index (κ3) is 3.85. The van der Waals surface area contributed by atoms with Crippen molar-refractivity contribution in [3.8, 4) is 0 Å². The van der Waals surface area contributed by atoms with E-state index in [9.17, 15) is 18.0 Å². The van der Waals surface area contributed by atoms with Crippen LogP contribution in [0.15, 0.2) is 41.3 Å². The molecular weight excluding hydrogens is 369 g/mol. The van der Waals surface area contributed by atoms with E-state index in [2.05, 4.69) is 15.5 Å². The Morgan fingerprint density at radius 2 is 1.79 bits per heavy atom. The minimum Gasteiger partial charge on any atom is -0.361 e. The number of alkyl halides is 3. The van der Waals surface area contributed by atoms with Gasteiger partial charge >= 0.3 is 6.18 Å². The number of benzene rings is 1. The van der Waals surface area contributed by atoms with E-state index in [1.807, 2.05) is 13.8 Å². The second kappa shape index (κ2) is 7.26. The quantitative estimate of drug-likeness (QED) is 0.690. The molecule has 0 unspecified atom stereocenters. The SMILES string of the molecule is Cc1nnc(N[C@H](C)c2cccc(C(F)(F)F)c2)c2cn(C(C)C)c(=O)cc12. The fourth-order valence-corrected chi connectivity index (χ4v) is 3.05. The molecule has 28 heavy (non-hydrogen) atoms. The van der Waals surface area contributed by atoms with Gasteiger partial charge in [0.15, 0.2) is 5.82 Å². The van der Waals surface area contributed by atoms with Gasteiger partial charge in [-0.1, -0.05) is 12.1 Å². The summed E-state index contributed by atoms with van der Waals surface area (Å²) in [6.07, 6.45) is -2.69. The maximum atomic E-state index is 13.0. The van der Waals surface area contributed by atoms with Crippen LogP contribution in [0.2, 0.25) is 0 Å². The Hall–Kier alpha value is -2.90. The van der Waals surface area contributed by atoms with Crippen molar-refractivity contribution in [1.82, 2.24) is 14.8 Å². The van der Waals surface area contributed by atoms with Crippen LogP contribution >= 0.6 is 0 Å². The van der Waals surface area contributed by atoms with Gasteiger partial charge in [-0.05, 0) is 45.4 Å². The third-order valence-corrected chi connectivity index (χ3v) is 4.65. The smallest absolute Gasteiger partial charge is 0.361 e. The maximum absolute atomic E-state index is 13.0. The Bertz CT molecular complexity index is 1070. The molecule has 8 heteroatoms. The third-order valence-electron chi connectivity index (χ3n) is 4.65. The predicted molar refractivity (Wildman–Crippen MR) is 102 cm³/mol. The van der Waals surface area contributed by atoms with Crippen molar-refractivity contribution in [1.29, 1.82) is 0 Å². The monoisotopic (exact) mass is 390 g/mol. The number of nitrogens with one attached hydrogen (secondary N) is 1. The first-order valence-electron chi connectivity index (χ1n) is 8.91. The van der Waals surface area contributed by atoms with E-state index in [4.69, 9.17) is 0 Å². The van der Waals surface area contributed by atoms with Crippen molar-refractivity contribution in [2.75, 3.05) is 5.32 Å². The number of pyridine rings is 1. The Labute approximate surface area is 160 Å². The van der Waals surface area contributed by atoms with Gasteiger partial charge in [-0.15, -0.1) is 5.10 Å². The molecule has 1 atom stereocenters. The molecule has 1 N–H and O–H groups in total. The van der Waals surface area contributed by atoms with E-state index in [-0.39, 0.29) is 11.6 Å². The van der Waals surface area contributed by atoms with Crippen molar-refractivity contribution in [3.63, 3.8) is 0 Å². The van der Waals surface area contributed by atoms with Gasteiger partial charge in [0.1, 0.15) is 0 Å². The lowest BCUT2D eigenvalue weighted by molar-refractivity contribution is -0.137. The summed E-state index contributed by atoms with van der Waals surface area (Å²) in [4.78, 5) is 12.3. The Kier molecular flexibility index (Phi) is 5.14. The van der Waals surface area contributed by atoms with Gasteiger partial charge in [0.25, 0.3) is 5.56 Å². The lowest BCUT2D eigenvalue weighted by Gasteiger charge is -2.19. The standard InChI is InChI=1S/C20H21F3N4O/c1-11(2)27-10-17-16(9-18(27)28)13(4)25-26-19(17)24-12(3)14-6-5-7-15(8-14)20(21,22)23/h5-12H,1-4H3,(H,24,26)/t12-/m1/s1. The molecule has 0 aliphatic rings. The molecule has 5 nitrogen and oxygen atoms in total. The summed E-state index contributed by atoms with van der Waals surface area (Å²) in [6, 6.07) is 6.19. The number of aromatic nitrogens is 3. The molecular formula is C20H21F3N4O. The molecule has 0 bridgehead atoms. The molecule has 0 aliphatic carbocycles. The minimum absolute atomic E-state index is 0.0425. The minimum atomic E-state index is -4.40. The van der Waals surface area contributed by atoms with Gasteiger partial charge in [0.05, 0.1) is 17.3 Å². The summed E-state index contributed by atoms with van der Waals surface area (Å²) >= 11 is 0. The maximum Gasteiger partial charge on any atom is 0.416 e. The van der Waals surface area contributed by atoms with E-state index in [1.54, 1.807) is 30.7 Å². The number of aryl methyl sites for hydroxylation is 1. The van der Waals surface area contributed by atoms with Gasteiger partial charge in [0.2, 0.25) is 0 Å². The molecule has 3 rings (SSSR count). The van der Waals surface area contributed by atoms with Crippen LogP contribution in [-0.2, 0) is 6.18 Å². The van der Waals surface area contributed by atoms with Crippen molar-refractivity contribution in [2.45, 2.75) is 46.0 Å². The van der Waals surface area contributed by atoms with Crippen LogP contribution in [0.4, 0.5) is 19.0 Å². The van der Waals surface area contributed by atoms with Crippen LogP contribution < -0.4 is 10.9 Å². The average Bonchev–Trinajstić information content (AvgIpc) is 2.63. The normalized spacial score (nSPS) is 13.1. The molecule has 0 saturated heterocycles. The summed E-state index contributed by atoms with van der Waals surface area (Å²) < 4.78 is 40.6. The first kappa shape index (κ1) is 19.9. The number of hydrogen-bond acceptors (Lipinski definition) is 4. The highest BCUT2D eigenvalue weighted by Crippen LogP contribution is 2.32. The molecule has 0 saturated carbocycles. The molecule has 0 amide bonds. The van der Waals surface area contributed by atoms with Gasteiger partial charge in [0, 0.05) is 29.1 Å². The first-order chi connectivity index (χ1) is 13.1. The number of fused-ring (bicyclic) bond motifs is 1. The number of anilines is 1. The zero-order valence-electron chi connectivity index (χ0n) is 16.0. The average molecular weight is 390 g/mol. The van der Waals surface area contributed by atoms with Gasteiger partial charge in [-0.25, -0.2) is 0 Å². The molecule has 0 spiro atoms. The summed E-state index contributed by atoms with van der Waals surface area (Å²) in [5.41, 5.74) is 0.241. The molecule has 2 heterocycles. The second-order valence-corrected chi connectivity index (χ2v) is 7.06. The van der Waals surface area contributed by atoms with Crippen molar-refractivity contribution in [3.05, 3.63) is 63.7 Å². The van der Waals surface area contributed by atoms with Crippen molar-refractivity contribution in [2.24, 2.45) is 0 Å². The fraction of sp³-hybridized carbons (Fsp3) is 0.350. The summed E-state index contributed by atoms with van der Waals surface area (Å²) in [5, 5.41) is 12.8. The second-order valence-electron chi connectivity index (χ2n) is 7.06. The lowest BCUT2D eigenvalue weighted by Crippen LogP contribution is -2.21. The van der Waals surface area contributed by atoms with E-state index in [0.29, 0.717) is 27.8 Å². The first-order valence-corrected chi connectivity index (χ1v) is 8.91. The van der Waals surface area contributed by atoms with Gasteiger partial charge < -0.3 is 9.88 Å². The summed E-state index contributed by atoms with van der Waals surface area (Å²) in [7, 11) is 0. The van der Waals surface area contributed by atoms with Gasteiger partial charge in [-0.3, -0.25) is 4.79 Å². The number of halogens is 3. The number of nitrogens with zero attached hydrogens (tertiary/aromatic N) is 3. The molecule has 0 radical (unpaired) electrons. The molecule has 2 aromatic heterocycles. The Morgan fingerprint density at radius 1 is 1.07 bits per heavy atom. The van der Waals surface area contributed by atoms with Gasteiger partial charge in [-0.2, -0.15) is 18.3 Å². The van der Waals surface area contributed by atoms with E-state index in [1.165, 1.54) is 12.1 Å². The summed E-state index contributed by atoms with van der Waals surface area (Å²) in [5.74, 6) is 0.417. The molecule has 148 valence electrons. The molecule has 1 aromatic carbocycles. The Morgan fingerprint density at radius 3 is 2.43 bits per heavy atom. The topological polar surface area (TPSA) is 59.8 Å². The molecule has 3 aromatic rings. The zero-order valence-corrected chi connectivity index (χ0v) is 16.0. The molecule has 0 aliphatic heterocycles. The largest absolute Gasteiger partial charge is 0.416 e. The van der Waals surface area contributed by atoms with Crippen LogP contribution in [0.25, 0.3) is 10.8 Å². The number of hydrogen-bond donors (Lipinski definition) is 1. The number of rotatable bonds is 4. The van der Waals surface area contributed by atoms with E-state index < -0.39 is 17.8 Å².